The molecule has 6 nitrogen and oxygen atoms in total. The van der Waals surface area contributed by atoms with Crippen LogP contribution in [0.4, 0.5) is 0 Å². The van der Waals surface area contributed by atoms with Gasteiger partial charge in [-0.1, -0.05) is 0 Å². The zero-order valence-corrected chi connectivity index (χ0v) is 10.5. The predicted molar refractivity (Wildman–Crippen MR) is 58.8 cm³/mol. The first-order valence-electron chi connectivity index (χ1n) is 5.93. The third-order valence-electron chi connectivity index (χ3n) is 2.84. The first kappa shape index (κ1) is 13.2. The summed E-state index contributed by atoms with van der Waals surface area (Å²) >= 11 is 0. The monoisotopic (exact) mass is 266 g/mol. The van der Waals surface area contributed by atoms with E-state index in [9.17, 15) is 8.42 Å². The van der Waals surface area contributed by atoms with Crippen LogP contribution >= 0.6 is 0 Å². The van der Waals surface area contributed by atoms with Gasteiger partial charge in [0, 0.05) is 13.2 Å². The summed E-state index contributed by atoms with van der Waals surface area (Å²) in [5.74, 6) is 0. The molecule has 0 aromatic rings. The summed E-state index contributed by atoms with van der Waals surface area (Å²) in [6, 6.07) is 0. The van der Waals surface area contributed by atoms with E-state index in [1.807, 2.05) is 0 Å². The number of ether oxygens (including phenoxy) is 2. The number of hydrogen-bond donors (Lipinski definition) is 0. The second-order valence-electron chi connectivity index (χ2n) is 4.25. The quantitative estimate of drug-likeness (QED) is 0.702. The Balaban J connectivity index is 1.66. The molecule has 2 heterocycles. The summed E-state index contributed by atoms with van der Waals surface area (Å²) in [7, 11) is -3.92. The van der Waals surface area contributed by atoms with Gasteiger partial charge in [-0.3, -0.25) is 0 Å². The molecule has 0 radical (unpaired) electrons. The van der Waals surface area contributed by atoms with Crippen molar-refractivity contribution in [3.8, 4) is 0 Å². The van der Waals surface area contributed by atoms with Crippen molar-refractivity contribution < 1.29 is 26.3 Å². The van der Waals surface area contributed by atoms with Gasteiger partial charge in [0.25, 0.3) is 0 Å². The molecule has 2 saturated heterocycles. The lowest BCUT2D eigenvalue weighted by Crippen LogP contribution is -2.23. The highest BCUT2D eigenvalue weighted by molar-refractivity contribution is 7.81. The summed E-state index contributed by atoms with van der Waals surface area (Å²) < 4.78 is 42.8. The fraction of sp³-hybridized carbons (Fsp3) is 1.00. The fourth-order valence-electron chi connectivity index (χ4n) is 1.90. The Morgan fingerprint density at radius 1 is 0.941 bits per heavy atom. The van der Waals surface area contributed by atoms with Crippen LogP contribution in [0, 0.1) is 0 Å². The zero-order valence-electron chi connectivity index (χ0n) is 9.67. The maximum atomic E-state index is 11.4. The molecule has 2 rings (SSSR count). The molecule has 0 aromatic heterocycles. The molecular formula is C10H18O6S. The predicted octanol–water partition coefficient (Wildman–Crippen LogP) is 0.622. The summed E-state index contributed by atoms with van der Waals surface area (Å²) in [5.41, 5.74) is 0. The van der Waals surface area contributed by atoms with Crippen molar-refractivity contribution >= 4 is 10.4 Å². The van der Waals surface area contributed by atoms with Gasteiger partial charge >= 0.3 is 10.4 Å². The van der Waals surface area contributed by atoms with Crippen molar-refractivity contribution in [1.82, 2.24) is 0 Å². The minimum absolute atomic E-state index is 0.0356. The van der Waals surface area contributed by atoms with E-state index in [2.05, 4.69) is 0 Å². The molecule has 0 aromatic carbocycles. The molecule has 17 heavy (non-hydrogen) atoms. The normalized spacial score (nSPS) is 29.9. The van der Waals surface area contributed by atoms with E-state index >= 15 is 0 Å². The molecular weight excluding hydrogens is 248 g/mol. The molecule has 0 spiro atoms. The molecule has 100 valence electrons. The van der Waals surface area contributed by atoms with E-state index in [-0.39, 0.29) is 25.4 Å². The maximum Gasteiger partial charge on any atom is 0.400 e. The van der Waals surface area contributed by atoms with Crippen LogP contribution in [-0.2, 0) is 28.2 Å². The van der Waals surface area contributed by atoms with Crippen molar-refractivity contribution in [1.29, 1.82) is 0 Å². The Labute approximate surface area is 102 Å². The summed E-state index contributed by atoms with van der Waals surface area (Å²) in [5, 5.41) is 0. The smallest absolute Gasteiger partial charge is 0.376 e. The van der Waals surface area contributed by atoms with Crippen LogP contribution in [-0.4, -0.2) is 47.1 Å². The molecule has 2 atom stereocenters. The van der Waals surface area contributed by atoms with Gasteiger partial charge in [0.15, 0.2) is 0 Å². The second kappa shape index (κ2) is 6.10. The molecule has 0 amide bonds. The Morgan fingerprint density at radius 3 is 1.76 bits per heavy atom. The first-order chi connectivity index (χ1) is 8.16. The molecule has 2 aliphatic rings. The van der Waals surface area contributed by atoms with E-state index in [0.717, 1.165) is 25.7 Å². The van der Waals surface area contributed by atoms with Gasteiger partial charge in [0.2, 0.25) is 0 Å². The lowest BCUT2D eigenvalue weighted by atomic mass is 10.2. The number of rotatable bonds is 6. The lowest BCUT2D eigenvalue weighted by molar-refractivity contribution is 0.0453. The highest BCUT2D eigenvalue weighted by Gasteiger charge is 2.23. The topological polar surface area (TPSA) is 71.1 Å². The second-order valence-corrected chi connectivity index (χ2v) is 5.54. The van der Waals surface area contributed by atoms with Gasteiger partial charge < -0.3 is 9.47 Å². The van der Waals surface area contributed by atoms with E-state index in [1.54, 1.807) is 0 Å². The van der Waals surface area contributed by atoms with Crippen LogP contribution < -0.4 is 0 Å². The van der Waals surface area contributed by atoms with Crippen LogP contribution in [0.1, 0.15) is 25.7 Å². The molecule has 2 aliphatic heterocycles. The molecule has 0 N–H and O–H groups in total. The Kier molecular flexibility index (Phi) is 4.75. The van der Waals surface area contributed by atoms with Gasteiger partial charge in [0.1, 0.15) is 0 Å². The van der Waals surface area contributed by atoms with Crippen molar-refractivity contribution in [2.75, 3.05) is 26.4 Å². The van der Waals surface area contributed by atoms with Crippen LogP contribution in [0.3, 0.4) is 0 Å². The van der Waals surface area contributed by atoms with Crippen LogP contribution in [0.25, 0.3) is 0 Å². The van der Waals surface area contributed by atoms with Gasteiger partial charge in [-0.2, -0.15) is 8.42 Å². The lowest BCUT2D eigenvalue weighted by Gasteiger charge is -2.12. The third kappa shape index (κ3) is 4.51. The summed E-state index contributed by atoms with van der Waals surface area (Å²) in [6.07, 6.45) is 3.31. The van der Waals surface area contributed by atoms with Crippen LogP contribution in [0.2, 0.25) is 0 Å². The first-order valence-corrected chi connectivity index (χ1v) is 7.26. The van der Waals surface area contributed by atoms with E-state index in [1.165, 1.54) is 0 Å². The molecule has 0 aliphatic carbocycles. The van der Waals surface area contributed by atoms with Crippen molar-refractivity contribution in [2.24, 2.45) is 0 Å². The highest BCUT2D eigenvalue weighted by Crippen LogP contribution is 2.15. The van der Waals surface area contributed by atoms with Crippen LogP contribution in [0.15, 0.2) is 0 Å². The average molecular weight is 266 g/mol. The minimum atomic E-state index is -3.92. The van der Waals surface area contributed by atoms with E-state index in [4.69, 9.17) is 17.8 Å². The third-order valence-corrected chi connectivity index (χ3v) is 3.69. The van der Waals surface area contributed by atoms with Crippen molar-refractivity contribution in [3.63, 3.8) is 0 Å². The SMILES string of the molecule is O=S(=O)(OCC1CCCO1)OCC1CCCO1. The van der Waals surface area contributed by atoms with E-state index < -0.39 is 10.4 Å². The average Bonchev–Trinajstić information content (AvgIpc) is 2.97. The zero-order chi connectivity index (χ0) is 12.1. The largest absolute Gasteiger partial charge is 0.400 e. The molecule has 2 fully saturated rings. The highest BCUT2D eigenvalue weighted by atomic mass is 32.3. The molecule has 2 unspecified atom stereocenters. The van der Waals surface area contributed by atoms with Crippen molar-refractivity contribution in [2.45, 2.75) is 37.9 Å². The summed E-state index contributed by atoms with van der Waals surface area (Å²) in [4.78, 5) is 0. The molecule has 7 heteroatoms. The fourth-order valence-corrected chi connectivity index (χ4v) is 2.61. The minimum Gasteiger partial charge on any atom is -0.376 e. The summed E-state index contributed by atoms with van der Waals surface area (Å²) in [6.45, 7) is 1.41. The standard InChI is InChI=1S/C10H18O6S/c11-17(12,15-7-9-3-1-5-13-9)16-8-10-4-2-6-14-10/h9-10H,1-8H2. The Morgan fingerprint density at radius 2 is 1.41 bits per heavy atom. The molecule has 0 saturated carbocycles. The molecule has 0 bridgehead atoms. The van der Waals surface area contributed by atoms with Gasteiger partial charge in [0.05, 0.1) is 25.4 Å². The Hall–Kier alpha value is -0.210. The van der Waals surface area contributed by atoms with Gasteiger partial charge in [-0.05, 0) is 25.7 Å². The van der Waals surface area contributed by atoms with Gasteiger partial charge in [-0.25, -0.2) is 8.37 Å². The van der Waals surface area contributed by atoms with E-state index in [0.29, 0.717) is 13.2 Å². The Bertz CT molecular complexity index is 290. The van der Waals surface area contributed by atoms with Gasteiger partial charge in [-0.15, -0.1) is 0 Å². The maximum absolute atomic E-state index is 11.4. The van der Waals surface area contributed by atoms with Crippen molar-refractivity contribution in [3.05, 3.63) is 0 Å². The number of hydrogen-bond acceptors (Lipinski definition) is 6. The van der Waals surface area contributed by atoms with Crippen LogP contribution in [0.5, 0.6) is 0 Å².